The van der Waals surface area contributed by atoms with Crippen molar-refractivity contribution in [2.24, 2.45) is 0 Å². The highest BCUT2D eigenvalue weighted by Gasteiger charge is 2.31. The molecule has 1 aromatic heterocycles. The zero-order valence-corrected chi connectivity index (χ0v) is 12.3. The molecule has 0 saturated heterocycles. The highest BCUT2D eigenvalue weighted by Crippen LogP contribution is 2.24. The van der Waals surface area contributed by atoms with Crippen LogP contribution < -0.4 is 5.32 Å². The van der Waals surface area contributed by atoms with E-state index < -0.39 is 0 Å². The van der Waals surface area contributed by atoms with Crippen LogP contribution in [0, 0.1) is 0 Å². The van der Waals surface area contributed by atoms with E-state index in [2.05, 4.69) is 14.9 Å². The second-order valence-corrected chi connectivity index (χ2v) is 5.45. The number of fused-ring (bicyclic) bond motifs is 1. The summed E-state index contributed by atoms with van der Waals surface area (Å²) in [5, 5.41) is 7.96. The van der Waals surface area contributed by atoms with Gasteiger partial charge in [0.1, 0.15) is 10.7 Å². The summed E-state index contributed by atoms with van der Waals surface area (Å²) in [5.74, 6) is -0.466. The van der Waals surface area contributed by atoms with Gasteiger partial charge in [-0.1, -0.05) is 22.7 Å². The van der Waals surface area contributed by atoms with Crippen molar-refractivity contribution in [3.63, 3.8) is 0 Å². The van der Waals surface area contributed by atoms with Crippen molar-refractivity contribution in [2.75, 3.05) is 11.9 Å². The van der Waals surface area contributed by atoms with Gasteiger partial charge in [-0.3, -0.25) is 14.5 Å². The van der Waals surface area contributed by atoms with Crippen molar-refractivity contribution in [1.29, 1.82) is 0 Å². The lowest BCUT2D eigenvalue weighted by molar-refractivity contribution is -0.128. The minimum Gasteiger partial charge on any atom is -0.374 e. The van der Waals surface area contributed by atoms with Crippen LogP contribution in [0.5, 0.6) is 0 Å². The summed E-state index contributed by atoms with van der Waals surface area (Å²) in [6.07, 6.45) is 0.246. The summed E-state index contributed by atoms with van der Waals surface area (Å²) < 4.78 is 3.88. The molecule has 21 heavy (non-hydrogen) atoms. The first-order valence-corrected chi connectivity index (χ1v) is 7.45. The third kappa shape index (κ3) is 2.52. The summed E-state index contributed by atoms with van der Waals surface area (Å²) in [5.41, 5.74) is 2.00. The Bertz CT molecular complexity index is 698. The minimum atomic E-state index is -0.266. The summed E-state index contributed by atoms with van der Waals surface area (Å²) in [4.78, 5) is 25.9. The Hall–Kier alpha value is -2.28. The van der Waals surface area contributed by atoms with Gasteiger partial charge in [0.15, 0.2) is 0 Å². The van der Waals surface area contributed by atoms with Gasteiger partial charge in [-0.25, -0.2) is 0 Å². The number of carbonyl (C=O) groups excluding carboxylic acids is 2. The number of rotatable bonds is 4. The van der Waals surface area contributed by atoms with Crippen LogP contribution in [-0.2, 0) is 17.8 Å². The van der Waals surface area contributed by atoms with Gasteiger partial charge >= 0.3 is 0 Å². The van der Waals surface area contributed by atoms with Crippen molar-refractivity contribution in [3.05, 3.63) is 41.1 Å². The van der Waals surface area contributed by atoms with E-state index in [1.54, 1.807) is 12.1 Å². The highest BCUT2D eigenvalue weighted by molar-refractivity contribution is 7.10. The Labute approximate surface area is 125 Å². The zero-order chi connectivity index (χ0) is 14.8. The Morgan fingerprint density at radius 3 is 2.95 bits per heavy atom. The molecule has 2 amide bonds. The van der Waals surface area contributed by atoms with Gasteiger partial charge in [-0.05, 0) is 18.6 Å². The molecule has 0 radical (unpaired) electrons. The number of nitrogens with zero attached hydrogens (tertiary/aromatic N) is 3. The molecule has 2 heterocycles. The van der Waals surface area contributed by atoms with Gasteiger partial charge in [0.25, 0.3) is 5.91 Å². The average Bonchev–Trinajstić information content (AvgIpc) is 2.91. The molecule has 1 aliphatic rings. The van der Waals surface area contributed by atoms with Crippen LogP contribution in [0.4, 0.5) is 5.00 Å². The predicted molar refractivity (Wildman–Crippen MR) is 79.1 cm³/mol. The van der Waals surface area contributed by atoms with Crippen LogP contribution in [0.25, 0.3) is 0 Å². The second kappa shape index (κ2) is 5.61. The lowest BCUT2D eigenvalue weighted by Gasteiger charge is -2.26. The Morgan fingerprint density at radius 1 is 1.33 bits per heavy atom. The van der Waals surface area contributed by atoms with Crippen LogP contribution in [0.1, 0.15) is 28.5 Å². The van der Waals surface area contributed by atoms with Gasteiger partial charge < -0.3 is 5.32 Å². The normalized spacial score (nSPS) is 14.2. The number of anilines is 1. The van der Waals surface area contributed by atoms with Gasteiger partial charge in [0.2, 0.25) is 5.91 Å². The lowest BCUT2D eigenvalue weighted by atomic mass is 9.98. The SMILES string of the molecule is CCNc1snnc1CN1C(=O)Cc2ccccc2C1=O. The fourth-order valence-corrected chi connectivity index (χ4v) is 2.96. The smallest absolute Gasteiger partial charge is 0.261 e. The van der Waals surface area contributed by atoms with Crippen molar-refractivity contribution in [1.82, 2.24) is 14.5 Å². The topological polar surface area (TPSA) is 75.2 Å². The molecule has 7 heteroatoms. The highest BCUT2D eigenvalue weighted by atomic mass is 32.1. The maximum Gasteiger partial charge on any atom is 0.261 e. The summed E-state index contributed by atoms with van der Waals surface area (Å²) in [6, 6.07) is 7.21. The van der Waals surface area contributed by atoms with E-state index in [0.717, 1.165) is 17.1 Å². The molecule has 1 aromatic carbocycles. The van der Waals surface area contributed by atoms with E-state index in [1.807, 2.05) is 19.1 Å². The molecule has 0 aliphatic carbocycles. The number of hydrogen-bond donors (Lipinski definition) is 1. The molecule has 3 rings (SSSR count). The zero-order valence-electron chi connectivity index (χ0n) is 11.5. The molecule has 6 nitrogen and oxygen atoms in total. The van der Waals surface area contributed by atoms with Gasteiger partial charge in [-0.15, -0.1) is 5.10 Å². The van der Waals surface area contributed by atoms with Crippen LogP contribution in [0.3, 0.4) is 0 Å². The number of aromatic nitrogens is 2. The Kier molecular flexibility index (Phi) is 3.66. The van der Waals surface area contributed by atoms with Crippen LogP contribution in [0.2, 0.25) is 0 Å². The summed E-state index contributed by atoms with van der Waals surface area (Å²) in [6.45, 7) is 2.86. The van der Waals surface area contributed by atoms with Crippen molar-refractivity contribution < 1.29 is 9.59 Å². The largest absolute Gasteiger partial charge is 0.374 e. The number of amides is 2. The first-order valence-electron chi connectivity index (χ1n) is 6.68. The van der Waals surface area contributed by atoms with Gasteiger partial charge in [-0.2, -0.15) is 0 Å². The van der Waals surface area contributed by atoms with E-state index in [-0.39, 0.29) is 24.8 Å². The number of nitrogens with one attached hydrogen (secondary N) is 1. The van der Waals surface area contributed by atoms with Gasteiger partial charge in [0.05, 0.1) is 13.0 Å². The first-order chi connectivity index (χ1) is 10.2. The molecule has 0 saturated carbocycles. The van der Waals surface area contributed by atoms with Crippen molar-refractivity contribution >= 4 is 28.3 Å². The molecule has 1 aliphatic heterocycles. The van der Waals surface area contributed by atoms with Gasteiger partial charge in [0, 0.05) is 23.6 Å². The Morgan fingerprint density at radius 2 is 2.14 bits per heavy atom. The molecule has 108 valence electrons. The minimum absolute atomic E-state index is 0.158. The van der Waals surface area contributed by atoms with Crippen molar-refractivity contribution in [3.8, 4) is 0 Å². The van der Waals surface area contributed by atoms with E-state index in [9.17, 15) is 9.59 Å². The third-order valence-corrected chi connectivity index (χ3v) is 4.06. The monoisotopic (exact) mass is 302 g/mol. The van der Waals surface area contributed by atoms with Crippen LogP contribution in [0.15, 0.2) is 24.3 Å². The molecule has 2 aromatic rings. The first kappa shape index (κ1) is 13.7. The standard InChI is InChI=1S/C14H14N4O2S/c1-2-15-13-11(16-17-21-13)8-18-12(19)7-9-5-3-4-6-10(9)14(18)20/h3-6,15H,2,7-8H2,1H3. The number of imide groups is 1. The number of benzene rings is 1. The quantitative estimate of drug-likeness (QED) is 0.870. The van der Waals surface area contributed by atoms with E-state index in [1.165, 1.54) is 16.4 Å². The summed E-state index contributed by atoms with van der Waals surface area (Å²) >= 11 is 1.23. The van der Waals surface area contributed by atoms with Crippen molar-refractivity contribution in [2.45, 2.75) is 19.9 Å². The molecule has 0 spiro atoms. The second-order valence-electron chi connectivity index (χ2n) is 4.70. The van der Waals surface area contributed by atoms with Crippen LogP contribution >= 0.6 is 11.5 Å². The number of hydrogen-bond acceptors (Lipinski definition) is 6. The molecule has 1 N–H and O–H groups in total. The molecule has 0 fully saturated rings. The number of carbonyl (C=O) groups is 2. The molecule has 0 unspecified atom stereocenters. The maximum atomic E-state index is 12.5. The van der Waals surface area contributed by atoms with E-state index >= 15 is 0 Å². The van der Waals surface area contributed by atoms with Crippen LogP contribution in [-0.4, -0.2) is 32.8 Å². The fourth-order valence-electron chi connectivity index (χ4n) is 2.32. The molecule has 0 atom stereocenters. The summed E-state index contributed by atoms with van der Waals surface area (Å²) in [7, 11) is 0. The van der Waals surface area contributed by atoms with E-state index in [0.29, 0.717) is 11.3 Å². The Balaban J connectivity index is 1.88. The lowest BCUT2D eigenvalue weighted by Crippen LogP contribution is -2.41. The predicted octanol–water partition coefficient (Wildman–Crippen LogP) is 1.70. The molecular formula is C14H14N4O2S. The third-order valence-electron chi connectivity index (χ3n) is 3.34. The fraction of sp³-hybridized carbons (Fsp3) is 0.286. The van der Waals surface area contributed by atoms with E-state index in [4.69, 9.17) is 0 Å². The maximum absolute atomic E-state index is 12.5. The molecular weight excluding hydrogens is 288 g/mol. The average molecular weight is 302 g/mol. The molecule has 0 bridgehead atoms.